The van der Waals surface area contributed by atoms with Crippen LogP contribution in [-0.4, -0.2) is 30.1 Å². The molecule has 3 aromatic rings. The highest BCUT2D eigenvalue weighted by molar-refractivity contribution is 6.29. The zero-order valence-electron chi connectivity index (χ0n) is 16.3. The minimum absolute atomic E-state index is 0.141. The SMILES string of the molecule is CCCCn1c(=O)[nH]c(=O)c2c1nc(COC(=O)c1ccc(Cl)nc1)n2CCC. The Morgan fingerprint density at radius 3 is 2.62 bits per heavy atom. The van der Waals surface area contributed by atoms with Crippen molar-refractivity contribution in [1.29, 1.82) is 0 Å². The Morgan fingerprint density at radius 1 is 1.17 bits per heavy atom. The Balaban J connectivity index is 1.98. The number of esters is 1. The fourth-order valence-electron chi connectivity index (χ4n) is 3.03. The van der Waals surface area contributed by atoms with Gasteiger partial charge in [0.05, 0.1) is 5.56 Å². The summed E-state index contributed by atoms with van der Waals surface area (Å²) >= 11 is 5.73. The van der Waals surface area contributed by atoms with Crippen molar-refractivity contribution in [3.63, 3.8) is 0 Å². The molecular formula is C19H22ClN5O4. The zero-order chi connectivity index (χ0) is 21.0. The first-order valence-electron chi connectivity index (χ1n) is 9.47. The molecule has 1 N–H and O–H groups in total. The molecule has 0 aliphatic rings. The number of H-pyrrole nitrogens is 1. The summed E-state index contributed by atoms with van der Waals surface area (Å²) in [7, 11) is 0. The van der Waals surface area contributed by atoms with Crippen molar-refractivity contribution < 1.29 is 9.53 Å². The molecule has 0 aromatic carbocycles. The van der Waals surface area contributed by atoms with Crippen LogP contribution in [0.1, 0.15) is 49.3 Å². The summed E-state index contributed by atoms with van der Waals surface area (Å²) in [5, 5.41) is 0.274. The van der Waals surface area contributed by atoms with Crippen molar-refractivity contribution in [2.24, 2.45) is 0 Å². The van der Waals surface area contributed by atoms with Crippen LogP contribution in [0.5, 0.6) is 0 Å². The van der Waals surface area contributed by atoms with Crippen molar-refractivity contribution in [2.45, 2.75) is 52.8 Å². The molecule has 0 radical (unpaired) electrons. The van der Waals surface area contributed by atoms with Gasteiger partial charge in [0, 0.05) is 19.3 Å². The summed E-state index contributed by atoms with van der Waals surface area (Å²) in [5.41, 5.74) is -0.127. The second-order valence-corrected chi connectivity index (χ2v) is 6.95. The van der Waals surface area contributed by atoms with E-state index in [0.717, 1.165) is 19.3 Å². The van der Waals surface area contributed by atoms with Gasteiger partial charge in [0.25, 0.3) is 5.56 Å². The summed E-state index contributed by atoms with van der Waals surface area (Å²) in [4.78, 5) is 47.7. The average Bonchev–Trinajstić information content (AvgIpc) is 3.05. The first-order valence-corrected chi connectivity index (χ1v) is 9.85. The smallest absolute Gasteiger partial charge is 0.340 e. The lowest BCUT2D eigenvalue weighted by atomic mass is 10.3. The first kappa shape index (κ1) is 20.8. The van der Waals surface area contributed by atoms with Gasteiger partial charge < -0.3 is 9.30 Å². The molecule has 9 nitrogen and oxygen atoms in total. The molecule has 3 rings (SSSR count). The number of hydrogen-bond acceptors (Lipinski definition) is 6. The number of imidazole rings is 1. The van der Waals surface area contributed by atoms with Crippen molar-refractivity contribution in [3.8, 4) is 0 Å². The largest absolute Gasteiger partial charge is 0.454 e. The van der Waals surface area contributed by atoms with E-state index in [1.165, 1.54) is 22.9 Å². The predicted octanol–water partition coefficient (Wildman–Crippen LogP) is 2.50. The molecule has 0 fully saturated rings. The van der Waals surface area contributed by atoms with E-state index < -0.39 is 17.2 Å². The molecule has 3 aromatic heterocycles. The van der Waals surface area contributed by atoms with Crippen molar-refractivity contribution in [2.75, 3.05) is 0 Å². The molecule has 0 atom stereocenters. The average molecular weight is 420 g/mol. The van der Waals surface area contributed by atoms with E-state index in [1.807, 2.05) is 13.8 Å². The molecule has 0 bridgehead atoms. The lowest BCUT2D eigenvalue weighted by Gasteiger charge is -2.08. The number of hydrogen-bond donors (Lipinski definition) is 1. The maximum atomic E-state index is 12.5. The molecular weight excluding hydrogens is 398 g/mol. The molecule has 154 valence electrons. The van der Waals surface area contributed by atoms with Crippen molar-refractivity contribution >= 4 is 28.7 Å². The van der Waals surface area contributed by atoms with Crippen LogP contribution in [0.4, 0.5) is 0 Å². The van der Waals surface area contributed by atoms with Crippen LogP contribution in [0, 0.1) is 0 Å². The summed E-state index contributed by atoms with van der Waals surface area (Å²) < 4.78 is 8.51. The summed E-state index contributed by atoms with van der Waals surface area (Å²) in [5.74, 6) is -0.181. The Morgan fingerprint density at radius 2 is 1.97 bits per heavy atom. The first-order chi connectivity index (χ1) is 14.0. The van der Waals surface area contributed by atoms with Gasteiger partial charge in [-0.1, -0.05) is 31.9 Å². The normalized spacial score (nSPS) is 11.1. The number of pyridine rings is 1. The topological polar surface area (TPSA) is 112 Å². The highest BCUT2D eigenvalue weighted by Gasteiger charge is 2.19. The lowest BCUT2D eigenvalue weighted by molar-refractivity contribution is 0.0458. The third-order valence-corrected chi connectivity index (χ3v) is 4.67. The molecule has 0 saturated heterocycles. The van der Waals surface area contributed by atoms with E-state index in [4.69, 9.17) is 16.3 Å². The lowest BCUT2D eigenvalue weighted by Crippen LogP contribution is -2.31. The van der Waals surface area contributed by atoms with Gasteiger partial charge in [0.15, 0.2) is 11.2 Å². The number of aryl methyl sites for hydroxylation is 2. The monoisotopic (exact) mass is 419 g/mol. The van der Waals surface area contributed by atoms with Crippen LogP contribution in [0.3, 0.4) is 0 Å². The number of fused-ring (bicyclic) bond motifs is 1. The molecule has 0 amide bonds. The Kier molecular flexibility index (Phi) is 6.48. The van der Waals surface area contributed by atoms with Gasteiger partial charge in [-0.2, -0.15) is 0 Å². The van der Waals surface area contributed by atoms with Gasteiger partial charge in [-0.15, -0.1) is 0 Å². The van der Waals surface area contributed by atoms with E-state index in [-0.39, 0.29) is 17.3 Å². The van der Waals surface area contributed by atoms with Crippen LogP contribution >= 0.6 is 11.6 Å². The standard InChI is InChI=1S/C19H22ClN5O4/c1-3-5-9-25-16-15(17(26)23-19(25)28)24(8-4-2)14(22-16)11-29-18(27)12-6-7-13(20)21-10-12/h6-7,10H,3-5,8-9,11H2,1-2H3,(H,23,26,28). The fourth-order valence-corrected chi connectivity index (χ4v) is 3.14. The minimum Gasteiger partial charge on any atom is -0.454 e. The number of unbranched alkanes of at least 4 members (excludes halogenated alkanes) is 1. The van der Waals surface area contributed by atoms with Crippen LogP contribution in [-0.2, 0) is 24.4 Å². The van der Waals surface area contributed by atoms with Gasteiger partial charge in [-0.3, -0.25) is 14.3 Å². The van der Waals surface area contributed by atoms with Crippen molar-refractivity contribution in [1.82, 2.24) is 24.1 Å². The molecule has 0 saturated carbocycles. The maximum Gasteiger partial charge on any atom is 0.340 e. The Hall–Kier alpha value is -2.94. The highest BCUT2D eigenvalue weighted by Crippen LogP contribution is 2.15. The number of carbonyl (C=O) groups excluding carboxylic acids is 1. The second-order valence-electron chi connectivity index (χ2n) is 6.56. The number of carbonyl (C=O) groups is 1. The fraction of sp³-hybridized carbons (Fsp3) is 0.421. The Labute approximate surface area is 171 Å². The van der Waals surface area contributed by atoms with Gasteiger partial charge in [-0.25, -0.2) is 19.6 Å². The minimum atomic E-state index is -0.582. The summed E-state index contributed by atoms with van der Waals surface area (Å²) in [6.45, 7) is 4.78. The van der Waals surface area contributed by atoms with Gasteiger partial charge in [0.2, 0.25) is 0 Å². The number of aromatic amines is 1. The zero-order valence-corrected chi connectivity index (χ0v) is 17.0. The highest BCUT2D eigenvalue weighted by atomic mass is 35.5. The number of rotatable bonds is 8. The number of ether oxygens (including phenoxy) is 1. The van der Waals surface area contributed by atoms with Crippen LogP contribution in [0.2, 0.25) is 5.15 Å². The molecule has 0 unspecified atom stereocenters. The number of nitrogens with one attached hydrogen (secondary N) is 1. The van der Waals surface area contributed by atoms with Gasteiger partial charge >= 0.3 is 11.7 Å². The second kappa shape index (κ2) is 9.04. The van der Waals surface area contributed by atoms with E-state index in [9.17, 15) is 14.4 Å². The van der Waals surface area contributed by atoms with Gasteiger partial charge in [0.1, 0.15) is 17.6 Å². The molecule has 29 heavy (non-hydrogen) atoms. The predicted molar refractivity (Wildman–Crippen MR) is 108 cm³/mol. The Bertz CT molecular complexity index is 1130. The molecule has 0 aliphatic heterocycles. The van der Waals surface area contributed by atoms with Crippen LogP contribution in [0.15, 0.2) is 27.9 Å². The molecule has 10 heteroatoms. The van der Waals surface area contributed by atoms with E-state index in [2.05, 4.69) is 15.0 Å². The van der Waals surface area contributed by atoms with E-state index in [1.54, 1.807) is 4.57 Å². The van der Waals surface area contributed by atoms with Crippen LogP contribution in [0.25, 0.3) is 11.2 Å². The molecule has 3 heterocycles. The third kappa shape index (κ3) is 4.40. The van der Waals surface area contributed by atoms with Crippen molar-refractivity contribution in [3.05, 3.63) is 55.7 Å². The quantitative estimate of drug-likeness (QED) is 0.443. The number of nitrogens with zero attached hydrogens (tertiary/aromatic N) is 4. The van der Waals surface area contributed by atoms with Gasteiger partial charge in [-0.05, 0) is 25.0 Å². The number of aromatic nitrogens is 5. The number of halogens is 1. The van der Waals surface area contributed by atoms with Crippen LogP contribution < -0.4 is 11.2 Å². The molecule has 0 spiro atoms. The summed E-state index contributed by atoms with van der Waals surface area (Å²) in [6.07, 6.45) is 3.73. The van der Waals surface area contributed by atoms with E-state index >= 15 is 0 Å². The van der Waals surface area contributed by atoms with E-state index in [0.29, 0.717) is 30.1 Å². The summed E-state index contributed by atoms with van der Waals surface area (Å²) in [6, 6.07) is 3.01. The third-order valence-electron chi connectivity index (χ3n) is 4.44. The maximum absolute atomic E-state index is 12.5. The molecule has 0 aliphatic carbocycles.